The van der Waals surface area contributed by atoms with Crippen LogP contribution >= 0.6 is 0 Å². The molecule has 0 spiro atoms. The first kappa shape index (κ1) is 14.1. The minimum absolute atomic E-state index is 0.0222. The maximum Gasteiger partial charge on any atom is 0.573 e. The second kappa shape index (κ2) is 5.79. The molecule has 2 rings (SSSR count). The molecule has 2 unspecified atom stereocenters. The van der Waals surface area contributed by atoms with Gasteiger partial charge in [-0.3, -0.25) is 0 Å². The lowest BCUT2D eigenvalue weighted by atomic mass is 9.99. The maximum absolute atomic E-state index is 12.3. The molecule has 2 N–H and O–H groups in total. The molecule has 1 aliphatic rings. The summed E-state index contributed by atoms with van der Waals surface area (Å²) in [4.78, 5) is 0. The summed E-state index contributed by atoms with van der Waals surface area (Å²) in [5.74, 6) is -0.236. The van der Waals surface area contributed by atoms with Crippen molar-refractivity contribution in [3.8, 4) is 5.75 Å². The molecular weight excluding hydrogens is 259 g/mol. The number of alkyl halides is 3. The van der Waals surface area contributed by atoms with Crippen molar-refractivity contribution in [1.29, 1.82) is 0 Å². The van der Waals surface area contributed by atoms with Crippen molar-refractivity contribution in [1.82, 2.24) is 0 Å². The highest BCUT2D eigenvalue weighted by atomic mass is 19.4. The first-order valence-electron chi connectivity index (χ1n) is 6.17. The van der Waals surface area contributed by atoms with Crippen molar-refractivity contribution in [2.75, 3.05) is 6.61 Å². The zero-order valence-electron chi connectivity index (χ0n) is 10.3. The summed E-state index contributed by atoms with van der Waals surface area (Å²) in [7, 11) is 0. The van der Waals surface area contributed by atoms with Gasteiger partial charge in [0.05, 0.1) is 6.10 Å². The van der Waals surface area contributed by atoms with Gasteiger partial charge in [0.1, 0.15) is 5.75 Å². The van der Waals surface area contributed by atoms with E-state index in [1.54, 1.807) is 12.1 Å². The van der Waals surface area contributed by atoms with Crippen molar-refractivity contribution in [2.24, 2.45) is 5.73 Å². The Labute approximate surface area is 109 Å². The Morgan fingerprint density at radius 3 is 2.74 bits per heavy atom. The quantitative estimate of drug-likeness (QED) is 0.918. The van der Waals surface area contributed by atoms with Gasteiger partial charge < -0.3 is 15.2 Å². The molecule has 6 heteroatoms. The Balaban J connectivity index is 2.09. The van der Waals surface area contributed by atoms with Crippen LogP contribution in [0.15, 0.2) is 24.3 Å². The van der Waals surface area contributed by atoms with E-state index in [0.29, 0.717) is 18.6 Å². The van der Waals surface area contributed by atoms with Crippen molar-refractivity contribution in [2.45, 2.75) is 37.8 Å². The van der Waals surface area contributed by atoms with E-state index in [0.717, 1.165) is 12.8 Å². The van der Waals surface area contributed by atoms with Crippen molar-refractivity contribution in [3.05, 3.63) is 29.8 Å². The summed E-state index contributed by atoms with van der Waals surface area (Å²) < 4.78 is 46.3. The number of hydrogen-bond acceptors (Lipinski definition) is 3. The zero-order chi connectivity index (χ0) is 13.9. The molecule has 0 bridgehead atoms. The van der Waals surface area contributed by atoms with Gasteiger partial charge in [0.2, 0.25) is 0 Å². The lowest BCUT2D eigenvalue weighted by Crippen LogP contribution is -2.22. The average Bonchev–Trinajstić information content (AvgIpc) is 2.80. The minimum atomic E-state index is -4.71. The predicted octanol–water partition coefficient (Wildman–Crippen LogP) is 3.15. The maximum atomic E-state index is 12.3. The van der Waals surface area contributed by atoms with Crippen LogP contribution < -0.4 is 10.5 Å². The van der Waals surface area contributed by atoms with Crippen LogP contribution in [0.4, 0.5) is 13.2 Å². The molecule has 0 amide bonds. The number of benzene rings is 1. The smallest absolute Gasteiger partial charge is 0.405 e. The molecule has 0 radical (unpaired) electrons. The van der Waals surface area contributed by atoms with Gasteiger partial charge in [0, 0.05) is 18.2 Å². The topological polar surface area (TPSA) is 44.5 Å². The number of hydrogen-bond donors (Lipinski definition) is 1. The molecule has 1 aromatic rings. The highest BCUT2D eigenvalue weighted by Crippen LogP contribution is 2.32. The summed E-state index contributed by atoms with van der Waals surface area (Å²) in [6.45, 7) is 0.693. The molecule has 2 atom stereocenters. The van der Waals surface area contributed by atoms with E-state index >= 15 is 0 Å². The normalized spacial score (nSPS) is 21.4. The van der Waals surface area contributed by atoms with Gasteiger partial charge in [-0.25, -0.2) is 0 Å². The average molecular weight is 275 g/mol. The third-order valence-electron chi connectivity index (χ3n) is 3.08. The first-order chi connectivity index (χ1) is 8.96. The molecule has 19 heavy (non-hydrogen) atoms. The highest BCUT2D eigenvalue weighted by Gasteiger charge is 2.33. The van der Waals surface area contributed by atoms with Crippen molar-refractivity contribution < 1.29 is 22.6 Å². The SMILES string of the molecule is NC(CC1CCCO1)c1ccccc1OC(F)(F)F. The van der Waals surface area contributed by atoms with Crippen molar-refractivity contribution >= 4 is 0 Å². The van der Waals surface area contributed by atoms with Crippen molar-refractivity contribution in [3.63, 3.8) is 0 Å². The molecule has 1 heterocycles. The number of rotatable bonds is 4. The van der Waals surface area contributed by atoms with Crippen LogP contribution in [0.1, 0.15) is 30.9 Å². The second-order valence-electron chi connectivity index (χ2n) is 4.56. The van der Waals surface area contributed by atoms with Gasteiger partial charge in [-0.15, -0.1) is 13.2 Å². The van der Waals surface area contributed by atoms with Crippen LogP contribution in [-0.2, 0) is 4.74 Å². The van der Waals surface area contributed by atoms with Crippen LogP contribution in [-0.4, -0.2) is 19.1 Å². The molecule has 1 saturated heterocycles. The van der Waals surface area contributed by atoms with Crippen LogP contribution in [0.3, 0.4) is 0 Å². The van der Waals surface area contributed by atoms with Gasteiger partial charge in [0.15, 0.2) is 0 Å². The Kier molecular flexibility index (Phi) is 4.31. The summed E-state index contributed by atoms with van der Waals surface area (Å²) in [6, 6.07) is 5.44. The molecule has 0 aliphatic carbocycles. The third kappa shape index (κ3) is 4.11. The predicted molar refractivity (Wildman–Crippen MR) is 63.6 cm³/mol. The number of halogens is 3. The van der Waals surface area contributed by atoms with Gasteiger partial charge in [-0.2, -0.15) is 0 Å². The molecule has 106 valence electrons. The van der Waals surface area contributed by atoms with Gasteiger partial charge >= 0.3 is 6.36 Å². The van der Waals surface area contributed by atoms with E-state index in [4.69, 9.17) is 10.5 Å². The first-order valence-corrected chi connectivity index (χ1v) is 6.17. The monoisotopic (exact) mass is 275 g/mol. The van der Waals surface area contributed by atoms with Crippen LogP contribution in [0.5, 0.6) is 5.75 Å². The second-order valence-corrected chi connectivity index (χ2v) is 4.56. The molecule has 0 aromatic heterocycles. The van der Waals surface area contributed by atoms with E-state index in [9.17, 15) is 13.2 Å². The number of nitrogens with two attached hydrogens (primary N) is 1. The number of ether oxygens (including phenoxy) is 2. The summed E-state index contributed by atoms with van der Waals surface area (Å²) in [6.07, 6.45) is -2.32. The highest BCUT2D eigenvalue weighted by molar-refractivity contribution is 5.36. The van der Waals surface area contributed by atoms with Gasteiger partial charge in [0.25, 0.3) is 0 Å². The standard InChI is InChI=1S/C13H16F3NO2/c14-13(15,16)19-12-6-2-1-5-10(12)11(17)8-9-4-3-7-18-9/h1-2,5-6,9,11H,3-4,7-8,17H2. The number of para-hydroxylation sites is 1. The summed E-state index contributed by atoms with van der Waals surface area (Å²) in [5, 5.41) is 0. The molecular formula is C13H16F3NO2. The Morgan fingerprint density at radius 1 is 1.37 bits per heavy atom. The van der Waals surface area contributed by atoms with Crippen LogP contribution in [0.25, 0.3) is 0 Å². The van der Waals surface area contributed by atoms with Crippen LogP contribution in [0, 0.1) is 0 Å². The fraction of sp³-hybridized carbons (Fsp3) is 0.538. The lowest BCUT2D eigenvalue weighted by Gasteiger charge is -2.20. The zero-order valence-corrected chi connectivity index (χ0v) is 10.3. The van der Waals surface area contributed by atoms with Gasteiger partial charge in [-0.05, 0) is 25.3 Å². The Bertz CT molecular complexity index is 417. The van der Waals surface area contributed by atoms with E-state index in [2.05, 4.69) is 4.74 Å². The largest absolute Gasteiger partial charge is 0.573 e. The van der Waals surface area contributed by atoms with E-state index in [1.165, 1.54) is 12.1 Å². The molecule has 1 aliphatic heterocycles. The molecule has 1 fully saturated rings. The van der Waals surface area contributed by atoms with Crippen LogP contribution in [0.2, 0.25) is 0 Å². The Hall–Kier alpha value is -1.27. The lowest BCUT2D eigenvalue weighted by molar-refractivity contribution is -0.275. The van der Waals surface area contributed by atoms with E-state index in [-0.39, 0.29) is 11.9 Å². The summed E-state index contributed by atoms with van der Waals surface area (Å²) >= 11 is 0. The minimum Gasteiger partial charge on any atom is -0.405 e. The van der Waals surface area contributed by atoms with Gasteiger partial charge in [-0.1, -0.05) is 18.2 Å². The summed E-state index contributed by atoms with van der Waals surface area (Å²) in [5.41, 5.74) is 6.32. The molecule has 0 saturated carbocycles. The Morgan fingerprint density at radius 2 is 2.11 bits per heavy atom. The fourth-order valence-corrected chi connectivity index (χ4v) is 2.24. The molecule has 1 aromatic carbocycles. The third-order valence-corrected chi connectivity index (χ3v) is 3.08. The van der Waals surface area contributed by atoms with E-state index in [1.807, 2.05) is 0 Å². The fourth-order valence-electron chi connectivity index (χ4n) is 2.24. The van der Waals surface area contributed by atoms with E-state index < -0.39 is 12.4 Å². The molecule has 3 nitrogen and oxygen atoms in total.